The van der Waals surface area contributed by atoms with E-state index in [0.717, 1.165) is 9.09 Å². The molecule has 1 aromatic heterocycles. The molecule has 1 aromatic rings. The van der Waals surface area contributed by atoms with Crippen LogP contribution in [-0.2, 0) is 9.53 Å². The molecule has 16 heavy (non-hydrogen) atoms. The molecule has 1 aliphatic heterocycles. The molecule has 1 N–H and O–H groups in total. The van der Waals surface area contributed by atoms with Gasteiger partial charge in [0.1, 0.15) is 0 Å². The largest absolute Gasteiger partial charge is 0.505 e. The van der Waals surface area contributed by atoms with Crippen molar-refractivity contribution >= 4 is 35.0 Å². The summed E-state index contributed by atoms with van der Waals surface area (Å²) in [5.74, 6) is -0.533. The van der Waals surface area contributed by atoms with Crippen molar-refractivity contribution in [3.05, 3.63) is 22.2 Å². The number of carbonyl (C=O) groups is 1. The number of hydrogen-bond donors (Lipinski definition) is 1. The Balaban J connectivity index is 2.55. The lowest BCUT2D eigenvalue weighted by molar-refractivity contribution is -0.137. The molecule has 0 radical (unpaired) electrons. The quantitative estimate of drug-likeness (QED) is 0.618. The fraction of sp³-hybridized carbons (Fsp3) is 0.300. The number of rotatable bonds is 1. The Morgan fingerprint density at radius 1 is 1.56 bits per heavy atom. The van der Waals surface area contributed by atoms with E-state index in [4.69, 9.17) is 0 Å². The number of aliphatic hydroxyl groups is 1. The van der Waals surface area contributed by atoms with Gasteiger partial charge in [-0.15, -0.1) is 11.3 Å². The SMILES string of the molecule is COC(=O)C1=C(O)c2cc(C)sc2SN1C. The molecule has 0 unspecified atom stereocenters. The maximum atomic E-state index is 11.5. The lowest BCUT2D eigenvalue weighted by Gasteiger charge is -2.24. The predicted molar refractivity (Wildman–Crippen MR) is 64.2 cm³/mol. The van der Waals surface area contributed by atoms with Crippen LogP contribution in [0.3, 0.4) is 0 Å². The third-order valence-corrected chi connectivity index (χ3v) is 4.38. The van der Waals surface area contributed by atoms with Crippen LogP contribution in [0.25, 0.3) is 5.76 Å². The van der Waals surface area contributed by atoms with Crippen molar-refractivity contribution in [3.63, 3.8) is 0 Å². The van der Waals surface area contributed by atoms with Crippen LogP contribution in [0.2, 0.25) is 0 Å². The lowest BCUT2D eigenvalue weighted by atomic mass is 10.2. The van der Waals surface area contributed by atoms with Crippen LogP contribution in [0, 0.1) is 6.92 Å². The zero-order valence-electron chi connectivity index (χ0n) is 9.10. The molecule has 2 rings (SSSR count). The molecule has 1 aliphatic rings. The van der Waals surface area contributed by atoms with Crippen molar-refractivity contribution in [1.82, 2.24) is 4.31 Å². The van der Waals surface area contributed by atoms with Crippen molar-refractivity contribution in [1.29, 1.82) is 0 Å². The summed E-state index contributed by atoms with van der Waals surface area (Å²) in [6.07, 6.45) is 0. The van der Waals surface area contributed by atoms with E-state index in [0.29, 0.717) is 5.56 Å². The van der Waals surface area contributed by atoms with Crippen LogP contribution < -0.4 is 0 Å². The number of methoxy groups -OCH3 is 1. The van der Waals surface area contributed by atoms with E-state index in [9.17, 15) is 9.90 Å². The van der Waals surface area contributed by atoms with E-state index >= 15 is 0 Å². The zero-order chi connectivity index (χ0) is 11.9. The molecule has 86 valence electrons. The maximum Gasteiger partial charge on any atom is 0.359 e. The number of fused-ring (bicyclic) bond motifs is 1. The highest BCUT2D eigenvalue weighted by atomic mass is 32.2. The molecule has 0 bridgehead atoms. The van der Waals surface area contributed by atoms with Gasteiger partial charge in [0, 0.05) is 17.5 Å². The maximum absolute atomic E-state index is 11.5. The number of thiophene rings is 1. The summed E-state index contributed by atoms with van der Waals surface area (Å²) in [5.41, 5.74) is 0.906. The first kappa shape index (κ1) is 11.3. The predicted octanol–water partition coefficient (Wildman–Crippen LogP) is 2.41. The summed E-state index contributed by atoms with van der Waals surface area (Å²) >= 11 is 3.02. The fourth-order valence-corrected chi connectivity index (χ4v) is 3.86. The summed E-state index contributed by atoms with van der Waals surface area (Å²) in [5, 5.41) is 10.0. The Hall–Kier alpha value is -1.14. The van der Waals surface area contributed by atoms with Gasteiger partial charge in [-0.05, 0) is 24.9 Å². The molecule has 6 heteroatoms. The van der Waals surface area contributed by atoms with E-state index in [1.54, 1.807) is 22.7 Å². The first-order valence-electron chi connectivity index (χ1n) is 4.58. The molecular weight excluding hydrogens is 246 g/mol. The molecule has 0 atom stereocenters. The Labute approximate surface area is 102 Å². The minimum Gasteiger partial charge on any atom is -0.505 e. The van der Waals surface area contributed by atoms with E-state index < -0.39 is 5.97 Å². The van der Waals surface area contributed by atoms with Crippen LogP contribution >= 0.6 is 23.3 Å². The van der Waals surface area contributed by atoms with Crippen molar-refractivity contribution in [2.45, 2.75) is 11.1 Å². The van der Waals surface area contributed by atoms with Gasteiger partial charge in [0.05, 0.1) is 11.3 Å². The molecule has 2 heterocycles. The minimum atomic E-state index is -0.526. The molecule has 0 saturated carbocycles. The number of hydrogen-bond acceptors (Lipinski definition) is 6. The van der Waals surface area contributed by atoms with Gasteiger partial charge in [0.15, 0.2) is 11.5 Å². The van der Waals surface area contributed by atoms with Gasteiger partial charge in [-0.1, -0.05) is 0 Å². The van der Waals surface area contributed by atoms with Crippen LogP contribution in [0.1, 0.15) is 10.4 Å². The van der Waals surface area contributed by atoms with Gasteiger partial charge in [-0.25, -0.2) is 4.79 Å². The van der Waals surface area contributed by atoms with Crippen LogP contribution in [0.5, 0.6) is 0 Å². The van der Waals surface area contributed by atoms with Gasteiger partial charge in [-0.3, -0.25) is 0 Å². The highest BCUT2D eigenvalue weighted by molar-refractivity contribution is 7.99. The molecule has 0 amide bonds. The normalized spacial score (nSPS) is 15.1. The number of carbonyl (C=O) groups excluding carboxylic acids is 1. The summed E-state index contributed by atoms with van der Waals surface area (Å²) in [4.78, 5) is 12.6. The summed E-state index contributed by atoms with van der Waals surface area (Å²) in [7, 11) is 3.03. The van der Waals surface area contributed by atoms with Gasteiger partial charge in [0.2, 0.25) is 0 Å². The van der Waals surface area contributed by atoms with Gasteiger partial charge in [-0.2, -0.15) is 0 Å². The second-order valence-corrected chi connectivity index (χ2v) is 5.99. The minimum absolute atomic E-state index is 0.00699. The van der Waals surface area contributed by atoms with E-state index in [1.807, 2.05) is 13.0 Å². The number of aryl methyl sites for hydroxylation is 1. The standard InChI is InChI=1S/C10H11NO3S2/c1-5-4-6-8(12)7(9(13)14-3)11(2)16-10(6)15-5/h4,12H,1-3H3. The van der Waals surface area contributed by atoms with Gasteiger partial charge < -0.3 is 14.1 Å². The Morgan fingerprint density at radius 2 is 2.25 bits per heavy atom. The molecular formula is C10H11NO3S2. The average Bonchev–Trinajstić information content (AvgIpc) is 2.58. The Bertz CT molecular complexity index is 478. The van der Waals surface area contributed by atoms with E-state index in [1.165, 1.54) is 19.1 Å². The molecule has 4 nitrogen and oxygen atoms in total. The van der Waals surface area contributed by atoms with Crippen LogP contribution in [0.15, 0.2) is 16.0 Å². The first-order chi connectivity index (χ1) is 7.54. The molecule has 0 aromatic carbocycles. The molecule has 0 spiro atoms. The monoisotopic (exact) mass is 257 g/mol. The average molecular weight is 257 g/mol. The summed E-state index contributed by atoms with van der Waals surface area (Å²) in [6.45, 7) is 1.97. The molecule has 0 saturated heterocycles. The summed E-state index contributed by atoms with van der Waals surface area (Å²) in [6, 6.07) is 1.87. The highest BCUT2D eigenvalue weighted by Gasteiger charge is 2.30. The fourth-order valence-electron chi connectivity index (χ4n) is 1.49. The van der Waals surface area contributed by atoms with Crippen molar-refractivity contribution in [2.24, 2.45) is 0 Å². The smallest absolute Gasteiger partial charge is 0.359 e. The first-order valence-corrected chi connectivity index (χ1v) is 6.17. The lowest BCUT2D eigenvalue weighted by Crippen LogP contribution is -2.22. The number of esters is 1. The highest BCUT2D eigenvalue weighted by Crippen LogP contribution is 2.43. The number of nitrogens with zero attached hydrogens (tertiary/aromatic N) is 1. The van der Waals surface area contributed by atoms with Gasteiger partial charge in [0.25, 0.3) is 0 Å². The zero-order valence-corrected chi connectivity index (χ0v) is 10.7. The number of aliphatic hydroxyl groups excluding tert-OH is 1. The van der Waals surface area contributed by atoms with Crippen LogP contribution in [0.4, 0.5) is 0 Å². The summed E-state index contributed by atoms with van der Waals surface area (Å²) < 4.78 is 7.26. The second kappa shape index (κ2) is 4.03. The topological polar surface area (TPSA) is 49.8 Å². The van der Waals surface area contributed by atoms with E-state index in [-0.39, 0.29) is 11.5 Å². The third kappa shape index (κ3) is 1.68. The Kier molecular flexibility index (Phi) is 2.86. The molecule has 0 fully saturated rings. The third-order valence-electron chi connectivity index (χ3n) is 2.21. The van der Waals surface area contributed by atoms with Crippen LogP contribution in [-0.4, -0.2) is 29.5 Å². The van der Waals surface area contributed by atoms with Crippen molar-refractivity contribution in [3.8, 4) is 0 Å². The second-order valence-electron chi connectivity index (χ2n) is 3.34. The molecule has 0 aliphatic carbocycles. The van der Waals surface area contributed by atoms with Gasteiger partial charge >= 0.3 is 5.97 Å². The van der Waals surface area contributed by atoms with Crippen molar-refractivity contribution < 1.29 is 14.6 Å². The number of likely N-dealkylation sites (N-methyl/N-ethyl adjacent to an activating group) is 1. The van der Waals surface area contributed by atoms with E-state index in [2.05, 4.69) is 4.74 Å². The number of ether oxygens (including phenoxy) is 1. The Morgan fingerprint density at radius 3 is 2.88 bits per heavy atom. The van der Waals surface area contributed by atoms with Crippen molar-refractivity contribution in [2.75, 3.05) is 14.2 Å².